The molecule has 3 rings (SSSR count). The lowest BCUT2D eigenvalue weighted by Gasteiger charge is -2.22. The van der Waals surface area contributed by atoms with E-state index in [1.54, 1.807) is 37.7 Å². The molecule has 0 bridgehead atoms. The fourth-order valence-electron chi connectivity index (χ4n) is 3.73. The molecular weight excluding hydrogens is 406 g/mol. The topological polar surface area (TPSA) is 97.2 Å². The number of nitrogens with zero attached hydrogens (tertiary/aromatic N) is 4. The van der Waals surface area contributed by atoms with Crippen molar-refractivity contribution in [3.05, 3.63) is 64.1 Å². The van der Waals surface area contributed by atoms with Crippen molar-refractivity contribution in [1.29, 1.82) is 0 Å². The van der Waals surface area contributed by atoms with Gasteiger partial charge in [-0.3, -0.25) is 23.9 Å². The van der Waals surface area contributed by atoms with E-state index in [4.69, 9.17) is 0 Å². The van der Waals surface area contributed by atoms with Crippen LogP contribution >= 0.6 is 0 Å². The van der Waals surface area contributed by atoms with Crippen molar-refractivity contribution in [1.82, 2.24) is 19.9 Å². The summed E-state index contributed by atoms with van der Waals surface area (Å²) in [6.07, 6.45) is 1.41. The summed E-state index contributed by atoms with van der Waals surface area (Å²) in [5, 5.41) is 2.58. The minimum Gasteiger partial charge on any atom is -0.359 e. The molecule has 2 heterocycles. The summed E-state index contributed by atoms with van der Waals surface area (Å²) in [4.78, 5) is 48.3. The molecule has 2 amide bonds. The molecule has 8 heteroatoms. The van der Waals surface area contributed by atoms with Crippen LogP contribution in [0.2, 0.25) is 0 Å². The molecule has 8 nitrogen and oxygen atoms in total. The van der Waals surface area contributed by atoms with Crippen molar-refractivity contribution >= 4 is 28.8 Å². The largest absolute Gasteiger partial charge is 0.359 e. The van der Waals surface area contributed by atoms with Gasteiger partial charge in [-0.1, -0.05) is 44.2 Å². The summed E-state index contributed by atoms with van der Waals surface area (Å²) in [6, 6.07) is 13.0. The second kappa shape index (κ2) is 10.2. The van der Waals surface area contributed by atoms with E-state index in [0.29, 0.717) is 35.5 Å². The van der Waals surface area contributed by atoms with Crippen LogP contribution in [0, 0.1) is 0 Å². The summed E-state index contributed by atoms with van der Waals surface area (Å²) >= 11 is 0. The molecule has 0 aliphatic rings. The highest BCUT2D eigenvalue weighted by Crippen LogP contribution is 2.25. The number of rotatable bonds is 8. The third kappa shape index (κ3) is 4.69. The van der Waals surface area contributed by atoms with E-state index >= 15 is 0 Å². The standard InChI is InChI=1S/C24H29N5O3/c1-5-19(16-10-8-7-9-11-16)29-23-17(12-14-20(27-23)28(4)22(31)6-2)26-18(24(29)32)13-15-21(30)25-3/h7-12,14,19H,5-6,13,15H2,1-4H3,(H,25,30)/t19-/m0/s1. The van der Waals surface area contributed by atoms with Crippen molar-refractivity contribution in [2.45, 2.75) is 45.6 Å². The van der Waals surface area contributed by atoms with Gasteiger partial charge in [0.05, 0.1) is 6.04 Å². The third-order valence-electron chi connectivity index (χ3n) is 5.56. The van der Waals surface area contributed by atoms with Gasteiger partial charge in [0.2, 0.25) is 11.8 Å². The third-order valence-corrected chi connectivity index (χ3v) is 5.56. The van der Waals surface area contributed by atoms with Crippen LogP contribution in [0.25, 0.3) is 11.2 Å². The number of aromatic nitrogens is 3. The molecule has 0 aliphatic heterocycles. The Morgan fingerprint density at radius 2 is 1.81 bits per heavy atom. The molecular formula is C24H29N5O3. The first-order valence-electron chi connectivity index (χ1n) is 10.8. The first kappa shape index (κ1) is 23.1. The molecule has 3 aromatic rings. The van der Waals surface area contributed by atoms with E-state index in [1.807, 2.05) is 37.3 Å². The molecule has 1 atom stereocenters. The van der Waals surface area contributed by atoms with Crippen LogP contribution in [-0.4, -0.2) is 40.4 Å². The van der Waals surface area contributed by atoms with E-state index in [9.17, 15) is 14.4 Å². The molecule has 0 spiro atoms. The number of nitrogens with one attached hydrogen (secondary N) is 1. The lowest BCUT2D eigenvalue weighted by Crippen LogP contribution is -2.32. The molecule has 1 N–H and O–H groups in total. The number of hydrogen-bond acceptors (Lipinski definition) is 5. The Labute approximate surface area is 187 Å². The molecule has 1 aromatic carbocycles. The average Bonchev–Trinajstić information content (AvgIpc) is 2.83. The van der Waals surface area contributed by atoms with Crippen LogP contribution in [-0.2, 0) is 16.0 Å². The molecule has 2 aromatic heterocycles. The van der Waals surface area contributed by atoms with Crippen LogP contribution in [0.4, 0.5) is 5.82 Å². The molecule has 32 heavy (non-hydrogen) atoms. The van der Waals surface area contributed by atoms with Gasteiger partial charge in [-0.25, -0.2) is 9.97 Å². The molecule has 168 valence electrons. The van der Waals surface area contributed by atoms with Crippen LogP contribution in [0.1, 0.15) is 50.4 Å². The minimum absolute atomic E-state index is 0.0731. The highest BCUT2D eigenvalue weighted by atomic mass is 16.2. The van der Waals surface area contributed by atoms with E-state index in [-0.39, 0.29) is 36.3 Å². The molecule has 0 unspecified atom stereocenters. The maximum Gasteiger partial charge on any atom is 0.274 e. The molecule has 0 saturated carbocycles. The second-order valence-corrected chi connectivity index (χ2v) is 7.56. The number of benzene rings is 1. The lowest BCUT2D eigenvalue weighted by molar-refractivity contribution is -0.120. The van der Waals surface area contributed by atoms with Crippen molar-refractivity contribution in [2.75, 3.05) is 19.0 Å². The van der Waals surface area contributed by atoms with Gasteiger partial charge in [0.1, 0.15) is 17.0 Å². The minimum atomic E-state index is -0.272. The van der Waals surface area contributed by atoms with Gasteiger partial charge in [0.15, 0.2) is 5.65 Å². The predicted molar refractivity (Wildman–Crippen MR) is 125 cm³/mol. The number of amides is 2. The smallest absolute Gasteiger partial charge is 0.274 e. The Morgan fingerprint density at radius 1 is 1.09 bits per heavy atom. The zero-order chi connectivity index (χ0) is 23.3. The van der Waals surface area contributed by atoms with Crippen molar-refractivity contribution in [3.8, 4) is 0 Å². The quantitative estimate of drug-likeness (QED) is 0.587. The van der Waals surface area contributed by atoms with E-state index < -0.39 is 0 Å². The molecule has 0 saturated heterocycles. The highest BCUT2D eigenvalue weighted by Gasteiger charge is 2.22. The van der Waals surface area contributed by atoms with Crippen molar-refractivity contribution in [3.63, 3.8) is 0 Å². The zero-order valence-corrected chi connectivity index (χ0v) is 19.0. The van der Waals surface area contributed by atoms with Gasteiger partial charge < -0.3 is 5.32 Å². The number of carbonyl (C=O) groups is 2. The first-order chi connectivity index (χ1) is 15.4. The van der Waals surface area contributed by atoms with Crippen LogP contribution in [0.5, 0.6) is 0 Å². The van der Waals surface area contributed by atoms with Gasteiger partial charge in [-0.15, -0.1) is 0 Å². The maximum absolute atomic E-state index is 13.6. The van der Waals surface area contributed by atoms with E-state index in [1.165, 1.54) is 4.90 Å². The lowest BCUT2D eigenvalue weighted by atomic mass is 10.0. The number of aryl methyl sites for hydroxylation is 1. The molecule has 0 aliphatic carbocycles. The number of hydrogen-bond donors (Lipinski definition) is 1. The van der Waals surface area contributed by atoms with E-state index in [2.05, 4.69) is 15.3 Å². The normalized spacial score (nSPS) is 11.9. The van der Waals surface area contributed by atoms with Crippen molar-refractivity contribution in [2.24, 2.45) is 0 Å². The summed E-state index contributed by atoms with van der Waals surface area (Å²) in [6.45, 7) is 3.80. The zero-order valence-electron chi connectivity index (χ0n) is 19.0. The SMILES string of the molecule is CCC(=O)N(C)c1ccc2nc(CCC(=O)NC)c(=O)n([C@@H](CC)c3ccccc3)c2n1. The second-order valence-electron chi connectivity index (χ2n) is 7.56. The Hall–Kier alpha value is -3.55. The summed E-state index contributed by atoms with van der Waals surface area (Å²) in [5.74, 6) is 0.234. The van der Waals surface area contributed by atoms with Gasteiger partial charge in [-0.05, 0) is 24.1 Å². The number of anilines is 1. The van der Waals surface area contributed by atoms with Gasteiger partial charge >= 0.3 is 0 Å². The van der Waals surface area contributed by atoms with Gasteiger partial charge in [-0.2, -0.15) is 0 Å². The van der Waals surface area contributed by atoms with Gasteiger partial charge in [0.25, 0.3) is 5.56 Å². The number of fused-ring (bicyclic) bond motifs is 1. The van der Waals surface area contributed by atoms with Gasteiger partial charge in [0, 0.05) is 33.4 Å². The maximum atomic E-state index is 13.6. The Kier molecular flexibility index (Phi) is 7.35. The summed E-state index contributed by atoms with van der Waals surface area (Å²) in [5.41, 5.74) is 2.00. The summed E-state index contributed by atoms with van der Waals surface area (Å²) in [7, 11) is 3.23. The molecule has 0 fully saturated rings. The Morgan fingerprint density at radius 3 is 2.44 bits per heavy atom. The predicted octanol–water partition coefficient (Wildman–Crippen LogP) is 2.84. The Balaban J connectivity index is 2.24. The number of carbonyl (C=O) groups excluding carboxylic acids is 2. The van der Waals surface area contributed by atoms with Crippen molar-refractivity contribution < 1.29 is 9.59 Å². The van der Waals surface area contributed by atoms with Crippen LogP contribution in [0.3, 0.4) is 0 Å². The summed E-state index contributed by atoms with van der Waals surface area (Å²) < 4.78 is 1.66. The Bertz CT molecular complexity index is 1170. The fourth-order valence-corrected chi connectivity index (χ4v) is 3.73. The monoisotopic (exact) mass is 435 g/mol. The molecule has 0 radical (unpaired) electrons. The fraction of sp³-hybridized carbons (Fsp3) is 0.375. The van der Waals surface area contributed by atoms with Crippen LogP contribution in [0.15, 0.2) is 47.3 Å². The first-order valence-corrected chi connectivity index (χ1v) is 10.8. The highest BCUT2D eigenvalue weighted by molar-refractivity contribution is 5.92. The average molecular weight is 436 g/mol. The number of pyridine rings is 1. The van der Waals surface area contributed by atoms with Crippen LogP contribution < -0.4 is 15.8 Å². The van der Waals surface area contributed by atoms with E-state index in [0.717, 1.165) is 5.56 Å².